The van der Waals surface area contributed by atoms with Gasteiger partial charge >= 0.3 is 19.8 Å². The van der Waals surface area contributed by atoms with Crippen molar-refractivity contribution >= 4 is 31.4 Å². The molecule has 0 radical (unpaired) electrons. The van der Waals surface area contributed by atoms with Crippen LogP contribution in [0.2, 0.25) is 0 Å². The molecule has 0 atom stereocenters. The van der Waals surface area contributed by atoms with Crippen molar-refractivity contribution in [1.82, 2.24) is 0 Å². The SMILES string of the molecule is COCCCl.[GaH3]. The number of rotatable bonds is 2. The fraction of sp³-hybridized carbons (Fsp3) is 1.00. The second kappa shape index (κ2) is 9.31. The Morgan fingerprint density at radius 2 is 2.17 bits per heavy atom. The molecule has 0 aromatic heterocycles. The third kappa shape index (κ3) is 8.86. The normalized spacial score (nSPS) is 7.00. The fourth-order valence-electron chi connectivity index (χ4n) is 0.0772. The third-order valence-electron chi connectivity index (χ3n) is 0.281. The average Bonchev–Trinajstić information content (AvgIpc) is 1.41. The van der Waals surface area contributed by atoms with Gasteiger partial charge in [0.2, 0.25) is 0 Å². The summed E-state index contributed by atoms with van der Waals surface area (Å²) in [5.74, 6) is 0.594. The summed E-state index contributed by atoms with van der Waals surface area (Å²) >= 11 is 5.18. The molecule has 0 aliphatic rings. The molecule has 0 N–H and O–H groups in total. The van der Waals surface area contributed by atoms with Gasteiger partial charge in [0, 0.05) is 13.0 Å². The van der Waals surface area contributed by atoms with E-state index in [-0.39, 0.29) is 19.8 Å². The van der Waals surface area contributed by atoms with Crippen LogP contribution in [0.5, 0.6) is 0 Å². The molecule has 0 rings (SSSR count). The second-order valence-corrected chi connectivity index (χ2v) is 1.06. The number of hydrogen-bond acceptors (Lipinski definition) is 1. The molecule has 0 amide bonds. The van der Waals surface area contributed by atoms with E-state index < -0.39 is 0 Å². The van der Waals surface area contributed by atoms with Gasteiger partial charge in [-0.25, -0.2) is 0 Å². The van der Waals surface area contributed by atoms with Crippen LogP contribution in [0, 0.1) is 0 Å². The minimum atomic E-state index is 0. The van der Waals surface area contributed by atoms with Gasteiger partial charge in [-0.05, 0) is 0 Å². The predicted molar refractivity (Wildman–Crippen MR) is 32.5 cm³/mol. The summed E-state index contributed by atoms with van der Waals surface area (Å²) < 4.78 is 4.56. The van der Waals surface area contributed by atoms with E-state index in [9.17, 15) is 0 Å². The molecule has 0 aliphatic heterocycles. The van der Waals surface area contributed by atoms with Crippen molar-refractivity contribution in [3.63, 3.8) is 0 Å². The van der Waals surface area contributed by atoms with E-state index in [1.165, 1.54) is 0 Å². The number of methoxy groups -OCH3 is 1. The van der Waals surface area contributed by atoms with Crippen molar-refractivity contribution in [2.45, 2.75) is 0 Å². The summed E-state index contributed by atoms with van der Waals surface area (Å²) in [7, 11) is 1.63. The predicted octanol–water partition coefficient (Wildman–Crippen LogP) is -0.312. The van der Waals surface area contributed by atoms with E-state index in [0.29, 0.717) is 12.5 Å². The second-order valence-electron chi connectivity index (χ2n) is 0.682. The van der Waals surface area contributed by atoms with Gasteiger partial charge in [-0.3, -0.25) is 0 Å². The van der Waals surface area contributed by atoms with Crippen LogP contribution in [-0.2, 0) is 4.74 Å². The molecule has 0 saturated carbocycles. The van der Waals surface area contributed by atoms with Crippen LogP contribution in [0.3, 0.4) is 0 Å². The molecule has 6 heavy (non-hydrogen) atoms. The maximum atomic E-state index is 5.18. The number of halogens is 1. The van der Waals surface area contributed by atoms with Gasteiger partial charge in [-0.15, -0.1) is 11.6 Å². The van der Waals surface area contributed by atoms with Gasteiger partial charge in [0.05, 0.1) is 6.61 Å². The molecule has 0 aromatic carbocycles. The van der Waals surface area contributed by atoms with Crippen molar-refractivity contribution in [2.75, 3.05) is 19.6 Å². The van der Waals surface area contributed by atoms with Crippen LogP contribution in [0.4, 0.5) is 0 Å². The number of hydrogen-bond donors (Lipinski definition) is 0. The summed E-state index contributed by atoms with van der Waals surface area (Å²) in [6.45, 7) is 0.654. The molecule has 3 heteroatoms. The molecule has 0 bridgehead atoms. The number of alkyl halides is 1. The van der Waals surface area contributed by atoms with Crippen molar-refractivity contribution in [3.05, 3.63) is 0 Å². The van der Waals surface area contributed by atoms with Crippen LogP contribution in [0.15, 0.2) is 0 Å². The molecule has 38 valence electrons. The van der Waals surface area contributed by atoms with Crippen LogP contribution < -0.4 is 0 Å². The van der Waals surface area contributed by atoms with Gasteiger partial charge in [0.25, 0.3) is 0 Å². The fourth-order valence-corrected chi connectivity index (χ4v) is 0.231. The first-order valence-corrected chi connectivity index (χ1v) is 2.00. The van der Waals surface area contributed by atoms with Gasteiger partial charge in [0.1, 0.15) is 0 Å². The van der Waals surface area contributed by atoms with Crippen LogP contribution >= 0.6 is 11.6 Å². The molecular formula is C3H10ClGaO. The Balaban J connectivity index is 0. The maximum absolute atomic E-state index is 5.18. The van der Waals surface area contributed by atoms with Crippen LogP contribution in [-0.4, -0.2) is 39.4 Å². The minimum absolute atomic E-state index is 0. The molecule has 0 spiro atoms. The topological polar surface area (TPSA) is 9.23 Å². The molecule has 0 fully saturated rings. The van der Waals surface area contributed by atoms with E-state index in [4.69, 9.17) is 11.6 Å². The van der Waals surface area contributed by atoms with Gasteiger partial charge in [-0.2, -0.15) is 0 Å². The molecule has 0 aliphatic carbocycles. The van der Waals surface area contributed by atoms with Crippen molar-refractivity contribution < 1.29 is 4.74 Å². The monoisotopic (exact) mass is 166 g/mol. The summed E-state index contributed by atoms with van der Waals surface area (Å²) in [6, 6.07) is 0. The standard InChI is InChI=1S/C3H7ClO.Ga.3H/c1-5-3-2-4;;;;/h2-3H2,1H3;;;;. The van der Waals surface area contributed by atoms with Crippen LogP contribution in [0.1, 0.15) is 0 Å². The van der Waals surface area contributed by atoms with Crippen molar-refractivity contribution in [3.8, 4) is 0 Å². The van der Waals surface area contributed by atoms with E-state index >= 15 is 0 Å². The van der Waals surface area contributed by atoms with Crippen LogP contribution in [0.25, 0.3) is 0 Å². The quantitative estimate of drug-likeness (QED) is 0.405. The molecule has 0 aromatic rings. The summed E-state index contributed by atoms with van der Waals surface area (Å²) in [6.07, 6.45) is 0. The Bertz CT molecular complexity index is 18.3. The number of ether oxygens (including phenoxy) is 1. The van der Waals surface area contributed by atoms with Crippen molar-refractivity contribution in [2.24, 2.45) is 0 Å². The zero-order chi connectivity index (χ0) is 4.12. The van der Waals surface area contributed by atoms with E-state index in [1.54, 1.807) is 7.11 Å². The van der Waals surface area contributed by atoms with E-state index in [2.05, 4.69) is 4.74 Å². The Morgan fingerprint density at radius 3 is 2.17 bits per heavy atom. The molecule has 0 unspecified atom stereocenters. The first-order valence-electron chi connectivity index (χ1n) is 1.46. The summed E-state index contributed by atoms with van der Waals surface area (Å²) in [5.41, 5.74) is 0. The van der Waals surface area contributed by atoms with Crippen molar-refractivity contribution in [1.29, 1.82) is 0 Å². The first-order chi connectivity index (χ1) is 2.41. The Kier molecular flexibility index (Phi) is 15.5. The Labute approximate surface area is 56.1 Å². The molecular weight excluding hydrogens is 157 g/mol. The summed E-state index contributed by atoms with van der Waals surface area (Å²) in [5, 5.41) is 0. The molecule has 0 saturated heterocycles. The molecule has 1 nitrogen and oxygen atoms in total. The Morgan fingerprint density at radius 1 is 1.67 bits per heavy atom. The zero-order valence-electron chi connectivity index (χ0n) is 3.20. The molecule has 0 heterocycles. The van der Waals surface area contributed by atoms with E-state index in [1.807, 2.05) is 0 Å². The van der Waals surface area contributed by atoms with Gasteiger partial charge in [0.15, 0.2) is 0 Å². The Hall–Kier alpha value is 0.886. The van der Waals surface area contributed by atoms with Gasteiger partial charge < -0.3 is 4.74 Å². The first kappa shape index (κ1) is 9.99. The average molecular weight is 167 g/mol. The van der Waals surface area contributed by atoms with Gasteiger partial charge in [-0.1, -0.05) is 0 Å². The third-order valence-corrected chi connectivity index (χ3v) is 0.436. The summed E-state index contributed by atoms with van der Waals surface area (Å²) in [4.78, 5) is 0. The van der Waals surface area contributed by atoms with E-state index in [0.717, 1.165) is 0 Å². The zero-order valence-corrected chi connectivity index (χ0v) is 3.96.